The number of para-hydroxylation sites is 3. The van der Waals surface area contributed by atoms with Crippen molar-refractivity contribution >= 4 is 62.5 Å². The Morgan fingerprint density at radius 2 is 0.891 bits per heavy atom. The first-order valence-corrected chi connectivity index (χ1v) is 18.6. The highest BCUT2D eigenvalue weighted by atomic mass is 16.3. The molecule has 0 fully saturated rings. The molecule has 10 rings (SSSR count). The Morgan fingerprint density at radius 3 is 1.53 bits per heavy atom. The lowest BCUT2D eigenvalue weighted by atomic mass is 9.30. The molecular weight excluding hydrogens is 663 g/mol. The predicted molar refractivity (Wildman–Crippen MR) is 231 cm³/mol. The van der Waals surface area contributed by atoms with Crippen molar-refractivity contribution in [3.8, 4) is 33.4 Å². The minimum Gasteiger partial charge on any atom is -0.453 e. The molecule has 0 N–H and O–H groups in total. The van der Waals surface area contributed by atoms with Crippen molar-refractivity contribution in [2.45, 2.75) is 10.5 Å². The Balaban J connectivity index is 1.10. The second kappa shape index (κ2) is 12.9. The van der Waals surface area contributed by atoms with Crippen molar-refractivity contribution in [3.05, 3.63) is 211 Å². The Labute approximate surface area is 325 Å². The van der Waals surface area contributed by atoms with Crippen molar-refractivity contribution in [1.29, 1.82) is 0 Å². The van der Waals surface area contributed by atoms with Gasteiger partial charge < -0.3 is 9.32 Å². The average molecular weight is 695 g/mol. The highest BCUT2D eigenvalue weighted by Crippen LogP contribution is 2.60. The zero-order valence-corrected chi connectivity index (χ0v) is 30.1. The summed E-state index contributed by atoms with van der Waals surface area (Å²) in [5.41, 5.74) is 13.2. The first-order chi connectivity index (χ1) is 26.9. The number of rotatable bonds is 7. The van der Waals surface area contributed by atoms with Gasteiger partial charge in [-0.1, -0.05) is 164 Å². The summed E-state index contributed by atoms with van der Waals surface area (Å²) in [6, 6.07) is 67.3. The number of benzene rings is 8. The van der Waals surface area contributed by atoms with Gasteiger partial charge in [0.2, 0.25) is 0 Å². The van der Waals surface area contributed by atoms with Crippen LogP contribution in [0.1, 0.15) is 16.7 Å². The largest absolute Gasteiger partial charge is 0.453 e. The first kappa shape index (κ1) is 33.1. The summed E-state index contributed by atoms with van der Waals surface area (Å²) in [5.74, 6) is 0. The fraction of sp³-hybridized carbons (Fsp3) is 0.0400. The van der Waals surface area contributed by atoms with Gasteiger partial charge in [0.15, 0.2) is 5.58 Å². The van der Waals surface area contributed by atoms with Crippen LogP contribution in [-0.4, -0.2) is 23.5 Å². The van der Waals surface area contributed by atoms with Crippen molar-refractivity contribution in [3.63, 3.8) is 0 Å². The van der Waals surface area contributed by atoms with Crippen LogP contribution in [0.2, 0.25) is 5.11 Å². The maximum atomic E-state index is 6.98. The van der Waals surface area contributed by atoms with E-state index in [0.717, 1.165) is 83.5 Å². The zero-order valence-electron chi connectivity index (χ0n) is 30.1. The SMILES string of the molecule is [B]C([B])([B])C1(c2ccc(-c3cccc4c3oc3c(N(c5ccccc5)c5ccc(-c6ccccc6)cc5)cccc34)cc2)c2ccccc2-c2ccccc21. The molecule has 0 atom stereocenters. The van der Waals surface area contributed by atoms with Gasteiger partial charge in [0, 0.05) is 33.1 Å². The molecule has 5 heteroatoms. The summed E-state index contributed by atoms with van der Waals surface area (Å²) in [5, 5.41) is 0.509. The van der Waals surface area contributed by atoms with Gasteiger partial charge in [-0.25, -0.2) is 0 Å². The van der Waals surface area contributed by atoms with Crippen LogP contribution in [0, 0.1) is 0 Å². The smallest absolute Gasteiger partial charge is 0.159 e. The van der Waals surface area contributed by atoms with Gasteiger partial charge in [0.1, 0.15) is 5.58 Å². The standard InChI is InChI=1S/C50H32B3NO/c51-50(52,53)49(44-22-9-7-17-40(44)41-18-8-10-23-45(41)49)36-29-25-35(26-30-36)39-19-11-20-42-43-21-12-24-46(48(43)55-47(39)42)54(37-15-5-2-6-16-37)38-31-27-34(28-32-38)33-13-3-1-4-14-33/h1-32H. The number of hydrogen-bond donors (Lipinski definition) is 0. The van der Waals surface area contributed by atoms with E-state index in [1.54, 1.807) is 0 Å². The summed E-state index contributed by atoms with van der Waals surface area (Å²) in [6.45, 7) is 0. The molecule has 0 aliphatic heterocycles. The third-order valence-electron chi connectivity index (χ3n) is 11.2. The van der Waals surface area contributed by atoms with Gasteiger partial charge in [-0.3, -0.25) is 0 Å². The second-order valence-corrected chi connectivity index (χ2v) is 14.4. The summed E-state index contributed by atoms with van der Waals surface area (Å²) in [4.78, 5) is 2.27. The molecule has 0 unspecified atom stereocenters. The normalized spacial score (nSPS) is 13.1. The van der Waals surface area contributed by atoms with E-state index < -0.39 is 10.5 Å². The summed E-state index contributed by atoms with van der Waals surface area (Å²) < 4.78 is 6.98. The van der Waals surface area contributed by atoms with Crippen molar-refractivity contribution < 1.29 is 4.42 Å². The highest BCUT2D eigenvalue weighted by molar-refractivity contribution is 6.60. The van der Waals surface area contributed by atoms with Gasteiger partial charge in [0.25, 0.3) is 0 Å². The number of hydrogen-bond acceptors (Lipinski definition) is 2. The molecule has 0 bridgehead atoms. The lowest BCUT2D eigenvalue weighted by Crippen LogP contribution is -2.42. The molecule has 0 amide bonds. The van der Waals surface area contributed by atoms with E-state index in [-0.39, 0.29) is 0 Å². The highest BCUT2D eigenvalue weighted by Gasteiger charge is 2.50. The van der Waals surface area contributed by atoms with Gasteiger partial charge in [-0.05, 0) is 74.8 Å². The number of furan rings is 1. The van der Waals surface area contributed by atoms with Gasteiger partial charge >= 0.3 is 0 Å². The van der Waals surface area contributed by atoms with Crippen LogP contribution < -0.4 is 4.90 Å². The Morgan fingerprint density at radius 1 is 0.400 bits per heavy atom. The molecule has 252 valence electrons. The van der Waals surface area contributed by atoms with Crippen molar-refractivity contribution in [2.75, 3.05) is 4.90 Å². The van der Waals surface area contributed by atoms with E-state index >= 15 is 0 Å². The zero-order chi connectivity index (χ0) is 37.1. The van der Waals surface area contributed by atoms with Crippen molar-refractivity contribution in [2.24, 2.45) is 0 Å². The Kier molecular flexibility index (Phi) is 7.75. The number of fused-ring (bicyclic) bond motifs is 6. The van der Waals surface area contributed by atoms with Crippen LogP contribution in [0.3, 0.4) is 0 Å². The minimum atomic E-state index is -1.58. The van der Waals surface area contributed by atoms with E-state index in [0.29, 0.717) is 0 Å². The lowest BCUT2D eigenvalue weighted by molar-refractivity contribution is 0.640. The Hall–Kier alpha value is -6.45. The molecule has 0 spiro atoms. The van der Waals surface area contributed by atoms with Gasteiger partial charge in [0.05, 0.1) is 29.2 Å². The predicted octanol–water partition coefficient (Wildman–Crippen LogP) is 12.3. The quantitative estimate of drug-likeness (QED) is 0.154. The lowest BCUT2D eigenvalue weighted by Gasteiger charge is -2.46. The van der Waals surface area contributed by atoms with Crippen LogP contribution in [0.25, 0.3) is 55.3 Å². The minimum absolute atomic E-state index is 0.815. The van der Waals surface area contributed by atoms with E-state index in [2.05, 4.69) is 163 Å². The monoisotopic (exact) mass is 695 g/mol. The molecule has 55 heavy (non-hydrogen) atoms. The molecule has 1 aliphatic rings. The second-order valence-electron chi connectivity index (χ2n) is 14.4. The summed E-state index contributed by atoms with van der Waals surface area (Å²) >= 11 is 0. The first-order valence-electron chi connectivity index (χ1n) is 18.6. The summed E-state index contributed by atoms with van der Waals surface area (Å²) in [6.07, 6.45) is 0. The van der Waals surface area contributed by atoms with E-state index in [1.807, 2.05) is 36.4 Å². The fourth-order valence-corrected chi connectivity index (χ4v) is 8.81. The molecule has 0 saturated heterocycles. The van der Waals surface area contributed by atoms with E-state index in [4.69, 9.17) is 28.0 Å². The third kappa shape index (κ3) is 5.14. The maximum absolute atomic E-state index is 6.98. The number of anilines is 3. The van der Waals surface area contributed by atoms with Crippen molar-refractivity contribution in [1.82, 2.24) is 0 Å². The van der Waals surface area contributed by atoms with Crippen LogP contribution in [0.4, 0.5) is 17.1 Å². The number of nitrogens with zero attached hydrogens (tertiary/aromatic N) is 1. The molecule has 8 aromatic carbocycles. The molecule has 1 heterocycles. The van der Waals surface area contributed by atoms with Crippen LogP contribution in [-0.2, 0) is 5.41 Å². The molecule has 0 saturated carbocycles. The average Bonchev–Trinajstić information content (AvgIpc) is 3.77. The van der Waals surface area contributed by atoms with Crippen LogP contribution in [0.15, 0.2) is 199 Å². The summed E-state index contributed by atoms with van der Waals surface area (Å²) in [7, 11) is 20.4. The molecule has 2 nitrogen and oxygen atoms in total. The van der Waals surface area contributed by atoms with Gasteiger partial charge in [-0.2, -0.15) is 0 Å². The van der Waals surface area contributed by atoms with Crippen LogP contribution in [0.5, 0.6) is 0 Å². The molecule has 1 aromatic heterocycles. The third-order valence-corrected chi connectivity index (χ3v) is 11.2. The molecule has 6 radical (unpaired) electrons. The molecular formula is C50H32B3NO. The van der Waals surface area contributed by atoms with Gasteiger partial charge in [-0.15, -0.1) is 5.11 Å². The maximum Gasteiger partial charge on any atom is 0.159 e. The molecule has 1 aliphatic carbocycles. The van der Waals surface area contributed by atoms with E-state index in [9.17, 15) is 0 Å². The van der Waals surface area contributed by atoms with Crippen LogP contribution >= 0.6 is 0 Å². The Bertz CT molecular complexity index is 2800. The van der Waals surface area contributed by atoms with E-state index in [1.165, 1.54) is 5.56 Å². The topological polar surface area (TPSA) is 16.4 Å². The molecule has 9 aromatic rings. The fourth-order valence-electron chi connectivity index (χ4n) is 8.81.